The standard InChI is InChI=1S/C24H18N4O3/c1-15-6-8-16(9-7-15)25-24(29)26-17-10-11-18-19(14-17)28-23(21-5-3-13-31-21)22(27-18)20-4-2-12-30-20/h2-14H,1H3,(H2,25,26,29). The fourth-order valence-corrected chi connectivity index (χ4v) is 3.23. The Hall–Kier alpha value is -4.39. The third-order valence-corrected chi connectivity index (χ3v) is 4.74. The number of urea groups is 1. The molecule has 7 heteroatoms. The Bertz CT molecular complexity index is 1340. The van der Waals surface area contributed by atoms with Crippen LogP contribution in [0.3, 0.4) is 0 Å². The quantitative estimate of drug-likeness (QED) is 0.373. The molecule has 0 aliphatic carbocycles. The molecule has 0 unspecified atom stereocenters. The van der Waals surface area contributed by atoms with Gasteiger partial charge in [0, 0.05) is 11.4 Å². The number of amides is 2. The number of aryl methyl sites for hydroxylation is 1. The number of benzene rings is 2. The van der Waals surface area contributed by atoms with Crippen molar-refractivity contribution < 1.29 is 13.6 Å². The lowest BCUT2D eigenvalue weighted by molar-refractivity contribution is 0.262. The molecule has 2 aromatic carbocycles. The summed E-state index contributed by atoms with van der Waals surface area (Å²) in [5, 5.41) is 5.65. The van der Waals surface area contributed by atoms with Crippen molar-refractivity contribution >= 4 is 28.4 Å². The van der Waals surface area contributed by atoms with Gasteiger partial charge in [-0.3, -0.25) is 0 Å². The topological polar surface area (TPSA) is 93.2 Å². The SMILES string of the molecule is Cc1ccc(NC(=O)Nc2ccc3nc(-c4ccco4)c(-c4ccco4)nc3c2)cc1. The highest BCUT2D eigenvalue weighted by Gasteiger charge is 2.17. The van der Waals surface area contributed by atoms with Crippen molar-refractivity contribution in [2.24, 2.45) is 0 Å². The maximum Gasteiger partial charge on any atom is 0.323 e. The first-order valence-electron chi connectivity index (χ1n) is 9.70. The van der Waals surface area contributed by atoms with Crippen molar-refractivity contribution in [2.45, 2.75) is 6.92 Å². The molecule has 0 aliphatic rings. The van der Waals surface area contributed by atoms with Crippen LogP contribution >= 0.6 is 0 Å². The van der Waals surface area contributed by atoms with Gasteiger partial charge < -0.3 is 19.5 Å². The molecule has 0 spiro atoms. The number of rotatable bonds is 4. The van der Waals surface area contributed by atoms with Gasteiger partial charge in [-0.15, -0.1) is 0 Å². The van der Waals surface area contributed by atoms with Gasteiger partial charge >= 0.3 is 6.03 Å². The van der Waals surface area contributed by atoms with Crippen LogP contribution < -0.4 is 10.6 Å². The van der Waals surface area contributed by atoms with Gasteiger partial charge in [-0.25, -0.2) is 14.8 Å². The molecule has 0 radical (unpaired) electrons. The van der Waals surface area contributed by atoms with Crippen LogP contribution in [-0.2, 0) is 0 Å². The highest BCUT2D eigenvalue weighted by molar-refractivity contribution is 6.01. The zero-order valence-corrected chi connectivity index (χ0v) is 16.6. The van der Waals surface area contributed by atoms with E-state index in [0.717, 1.165) is 5.56 Å². The minimum atomic E-state index is -0.338. The molecule has 7 nitrogen and oxygen atoms in total. The Balaban J connectivity index is 1.47. The van der Waals surface area contributed by atoms with E-state index in [9.17, 15) is 4.79 Å². The molecule has 2 N–H and O–H groups in total. The molecule has 0 aliphatic heterocycles. The molecule has 31 heavy (non-hydrogen) atoms. The van der Waals surface area contributed by atoms with Gasteiger partial charge in [0.15, 0.2) is 11.5 Å². The second-order valence-corrected chi connectivity index (χ2v) is 7.02. The molecule has 2 amide bonds. The van der Waals surface area contributed by atoms with Crippen LogP contribution in [0, 0.1) is 6.92 Å². The van der Waals surface area contributed by atoms with E-state index in [1.165, 1.54) is 0 Å². The van der Waals surface area contributed by atoms with Crippen LogP contribution in [0.15, 0.2) is 88.1 Å². The first kappa shape index (κ1) is 18.6. The molecular formula is C24H18N4O3. The van der Waals surface area contributed by atoms with Crippen LogP contribution in [0.4, 0.5) is 16.2 Å². The number of aromatic nitrogens is 2. The van der Waals surface area contributed by atoms with Gasteiger partial charge in [0.2, 0.25) is 0 Å². The van der Waals surface area contributed by atoms with Crippen LogP contribution in [0.1, 0.15) is 5.56 Å². The second kappa shape index (κ2) is 7.79. The van der Waals surface area contributed by atoms with Crippen molar-refractivity contribution in [1.29, 1.82) is 0 Å². The number of fused-ring (bicyclic) bond motifs is 1. The molecule has 5 aromatic rings. The van der Waals surface area contributed by atoms with E-state index in [0.29, 0.717) is 45.3 Å². The predicted octanol–water partition coefficient (Wildman–Crippen LogP) is 6.10. The molecule has 5 rings (SSSR count). The van der Waals surface area contributed by atoms with Crippen molar-refractivity contribution in [3.63, 3.8) is 0 Å². The zero-order valence-electron chi connectivity index (χ0n) is 16.6. The minimum Gasteiger partial charge on any atom is -0.463 e. The zero-order chi connectivity index (χ0) is 21.2. The number of hydrogen-bond acceptors (Lipinski definition) is 5. The Morgan fingerprint density at radius 2 is 1.32 bits per heavy atom. The van der Waals surface area contributed by atoms with E-state index < -0.39 is 0 Å². The van der Waals surface area contributed by atoms with E-state index in [-0.39, 0.29) is 6.03 Å². The Morgan fingerprint density at radius 1 is 0.742 bits per heavy atom. The maximum absolute atomic E-state index is 12.4. The molecule has 0 saturated carbocycles. The van der Waals surface area contributed by atoms with Gasteiger partial charge in [0.25, 0.3) is 0 Å². The fourth-order valence-electron chi connectivity index (χ4n) is 3.23. The normalized spacial score (nSPS) is 10.9. The number of carbonyl (C=O) groups excluding carboxylic acids is 1. The lowest BCUT2D eigenvalue weighted by Gasteiger charge is -2.10. The number of hydrogen-bond donors (Lipinski definition) is 2. The summed E-state index contributed by atoms with van der Waals surface area (Å²) in [6, 6.07) is 19.8. The first-order valence-corrected chi connectivity index (χ1v) is 9.70. The van der Waals surface area contributed by atoms with Gasteiger partial charge in [-0.1, -0.05) is 17.7 Å². The minimum absolute atomic E-state index is 0.338. The summed E-state index contributed by atoms with van der Waals surface area (Å²) < 4.78 is 11.1. The monoisotopic (exact) mass is 410 g/mol. The van der Waals surface area contributed by atoms with Crippen molar-refractivity contribution in [3.05, 3.63) is 84.8 Å². The van der Waals surface area contributed by atoms with Crippen molar-refractivity contribution in [2.75, 3.05) is 10.6 Å². The third-order valence-electron chi connectivity index (χ3n) is 4.74. The van der Waals surface area contributed by atoms with Crippen molar-refractivity contribution in [1.82, 2.24) is 9.97 Å². The Labute approximate surface area is 177 Å². The lowest BCUT2D eigenvalue weighted by atomic mass is 10.1. The molecule has 152 valence electrons. The Kier molecular flexibility index (Phi) is 4.68. The van der Waals surface area contributed by atoms with Crippen molar-refractivity contribution in [3.8, 4) is 22.9 Å². The number of anilines is 2. The number of nitrogens with zero attached hydrogens (tertiary/aromatic N) is 2. The fraction of sp³-hybridized carbons (Fsp3) is 0.0417. The van der Waals surface area contributed by atoms with E-state index in [2.05, 4.69) is 10.6 Å². The van der Waals surface area contributed by atoms with E-state index >= 15 is 0 Å². The van der Waals surface area contributed by atoms with Crippen LogP contribution in [0.5, 0.6) is 0 Å². The molecular weight excluding hydrogens is 392 g/mol. The molecule has 0 saturated heterocycles. The summed E-state index contributed by atoms with van der Waals surface area (Å²) in [4.78, 5) is 21.9. The van der Waals surface area contributed by atoms with Gasteiger partial charge in [0.05, 0.1) is 23.6 Å². The van der Waals surface area contributed by atoms with Crippen LogP contribution in [0.2, 0.25) is 0 Å². The summed E-state index contributed by atoms with van der Waals surface area (Å²) >= 11 is 0. The van der Waals surface area contributed by atoms with E-state index in [4.69, 9.17) is 18.8 Å². The Morgan fingerprint density at radius 3 is 1.94 bits per heavy atom. The summed E-state index contributed by atoms with van der Waals surface area (Å²) in [6.45, 7) is 1.99. The lowest BCUT2D eigenvalue weighted by Crippen LogP contribution is -2.19. The highest BCUT2D eigenvalue weighted by Crippen LogP contribution is 2.32. The third kappa shape index (κ3) is 3.89. The predicted molar refractivity (Wildman–Crippen MR) is 119 cm³/mol. The summed E-state index contributed by atoms with van der Waals surface area (Å²) in [7, 11) is 0. The molecule has 3 heterocycles. The van der Waals surface area contributed by atoms with Crippen LogP contribution in [0.25, 0.3) is 33.9 Å². The molecule has 0 fully saturated rings. The number of nitrogens with one attached hydrogen (secondary N) is 2. The smallest absolute Gasteiger partial charge is 0.323 e. The van der Waals surface area contributed by atoms with Gasteiger partial charge in [-0.05, 0) is 61.5 Å². The average molecular weight is 410 g/mol. The van der Waals surface area contributed by atoms with E-state index in [1.54, 1.807) is 36.8 Å². The first-order chi connectivity index (χ1) is 15.2. The van der Waals surface area contributed by atoms with E-state index in [1.807, 2.05) is 49.4 Å². The summed E-state index contributed by atoms with van der Waals surface area (Å²) in [5.41, 5.74) is 4.88. The van der Waals surface area contributed by atoms with Gasteiger partial charge in [0.1, 0.15) is 11.4 Å². The number of carbonyl (C=O) groups is 1. The van der Waals surface area contributed by atoms with Crippen LogP contribution in [-0.4, -0.2) is 16.0 Å². The number of furan rings is 2. The second-order valence-electron chi connectivity index (χ2n) is 7.02. The summed E-state index contributed by atoms with van der Waals surface area (Å²) in [5.74, 6) is 1.18. The largest absolute Gasteiger partial charge is 0.463 e. The maximum atomic E-state index is 12.4. The van der Waals surface area contributed by atoms with Gasteiger partial charge in [-0.2, -0.15) is 0 Å². The summed E-state index contributed by atoms with van der Waals surface area (Å²) in [6.07, 6.45) is 3.17. The molecule has 0 atom stereocenters. The highest BCUT2D eigenvalue weighted by atomic mass is 16.3. The molecule has 3 aromatic heterocycles. The average Bonchev–Trinajstić information content (AvgIpc) is 3.49. The molecule has 0 bridgehead atoms.